The number of nitrogens with one attached hydrogen (secondary N) is 2. The molecule has 1 saturated heterocycles. The van der Waals surface area contributed by atoms with Crippen molar-refractivity contribution in [1.29, 1.82) is 0 Å². The summed E-state index contributed by atoms with van der Waals surface area (Å²) >= 11 is 0. The molecule has 0 atom stereocenters. The normalized spacial score (nSPS) is 15.5. The Balaban J connectivity index is 1.33. The number of rotatable bonds is 6. The lowest BCUT2D eigenvalue weighted by molar-refractivity contribution is 0.0964. The lowest BCUT2D eigenvalue weighted by atomic mass is 9.99. The number of carbonyl (C=O) groups excluding carboxylic acids is 1. The molecule has 7 heteroatoms. The Kier molecular flexibility index (Phi) is 6.07. The van der Waals surface area contributed by atoms with Crippen molar-refractivity contribution < 1.29 is 19.0 Å². The quantitative estimate of drug-likeness (QED) is 0.408. The second kappa shape index (κ2) is 9.66. The number of benzene rings is 3. The van der Waals surface area contributed by atoms with E-state index in [2.05, 4.69) is 15.6 Å². The van der Waals surface area contributed by atoms with Crippen molar-refractivity contribution in [3.8, 4) is 23.0 Å². The standard InChI is InChI=1S/C29H29N3O4/c1-30-29(33)22-4-2-3-19-15-20(5-6-21(19)22)36-25-9-13-32-24-16-26(28-23(27(24)25)10-14-34-28)35-17-18-7-11-31-12-8-18/h2-6,9,13,15-16,18,31H,7-8,10-12,14,17H2,1H3,(H,30,33). The van der Waals surface area contributed by atoms with Crippen molar-refractivity contribution in [2.75, 3.05) is 33.4 Å². The maximum absolute atomic E-state index is 12.2. The fourth-order valence-corrected chi connectivity index (χ4v) is 5.21. The number of hydrogen-bond donors (Lipinski definition) is 2. The molecular formula is C29H29N3O4. The van der Waals surface area contributed by atoms with Gasteiger partial charge in [-0.15, -0.1) is 0 Å². The van der Waals surface area contributed by atoms with Crippen molar-refractivity contribution in [2.45, 2.75) is 19.3 Å². The molecule has 1 fully saturated rings. The zero-order valence-electron chi connectivity index (χ0n) is 20.3. The monoisotopic (exact) mass is 483 g/mol. The van der Waals surface area contributed by atoms with E-state index in [1.165, 1.54) is 0 Å². The molecular weight excluding hydrogens is 454 g/mol. The number of piperidine rings is 1. The lowest BCUT2D eigenvalue weighted by Gasteiger charge is -2.23. The number of carbonyl (C=O) groups is 1. The number of nitrogens with zero attached hydrogens (tertiary/aromatic N) is 1. The molecule has 0 aliphatic carbocycles. The molecule has 0 saturated carbocycles. The van der Waals surface area contributed by atoms with E-state index in [0.29, 0.717) is 30.4 Å². The first kappa shape index (κ1) is 22.6. The zero-order valence-corrected chi connectivity index (χ0v) is 20.3. The molecule has 3 aromatic carbocycles. The van der Waals surface area contributed by atoms with Gasteiger partial charge in [0.15, 0.2) is 11.5 Å². The number of pyridine rings is 1. The Morgan fingerprint density at radius 2 is 2.03 bits per heavy atom. The highest BCUT2D eigenvalue weighted by molar-refractivity contribution is 6.07. The van der Waals surface area contributed by atoms with Gasteiger partial charge in [0.25, 0.3) is 5.91 Å². The maximum atomic E-state index is 12.2. The van der Waals surface area contributed by atoms with E-state index in [-0.39, 0.29) is 5.91 Å². The molecule has 2 aliphatic rings. The molecule has 7 nitrogen and oxygen atoms in total. The van der Waals surface area contributed by atoms with Crippen molar-refractivity contribution in [3.05, 3.63) is 65.9 Å². The van der Waals surface area contributed by atoms with Gasteiger partial charge >= 0.3 is 0 Å². The number of aromatic nitrogens is 1. The molecule has 36 heavy (non-hydrogen) atoms. The third-order valence-electron chi connectivity index (χ3n) is 7.09. The molecule has 0 bridgehead atoms. The summed E-state index contributed by atoms with van der Waals surface area (Å²) in [4.78, 5) is 16.9. The van der Waals surface area contributed by atoms with E-state index >= 15 is 0 Å². The van der Waals surface area contributed by atoms with Gasteiger partial charge in [0.1, 0.15) is 11.5 Å². The minimum atomic E-state index is -0.108. The minimum absolute atomic E-state index is 0.108. The largest absolute Gasteiger partial charge is 0.489 e. The van der Waals surface area contributed by atoms with E-state index in [9.17, 15) is 4.79 Å². The van der Waals surface area contributed by atoms with Gasteiger partial charge in [0.05, 0.1) is 24.1 Å². The van der Waals surface area contributed by atoms with E-state index in [0.717, 1.165) is 76.8 Å². The molecule has 0 radical (unpaired) electrons. The number of fused-ring (bicyclic) bond motifs is 4. The summed E-state index contributed by atoms with van der Waals surface area (Å²) in [6, 6.07) is 15.3. The second-order valence-corrected chi connectivity index (χ2v) is 9.36. The van der Waals surface area contributed by atoms with Crippen molar-refractivity contribution in [2.24, 2.45) is 5.92 Å². The van der Waals surface area contributed by atoms with E-state index < -0.39 is 0 Å². The third kappa shape index (κ3) is 4.20. The van der Waals surface area contributed by atoms with Crippen LogP contribution >= 0.6 is 0 Å². The smallest absolute Gasteiger partial charge is 0.251 e. The van der Waals surface area contributed by atoms with Crippen LogP contribution in [-0.4, -0.2) is 44.2 Å². The Bertz CT molecular complexity index is 1450. The fourth-order valence-electron chi connectivity index (χ4n) is 5.21. The number of amides is 1. The van der Waals surface area contributed by atoms with Crippen LogP contribution in [0.2, 0.25) is 0 Å². The molecule has 2 aliphatic heterocycles. The van der Waals surface area contributed by atoms with Crippen LogP contribution in [0.5, 0.6) is 23.0 Å². The molecule has 1 amide bonds. The van der Waals surface area contributed by atoms with Crippen LogP contribution in [0.15, 0.2) is 54.7 Å². The number of ether oxygens (including phenoxy) is 3. The summed E-state index contributed by atoms with van der Waals surface area (Å²) in [5.41, 5.74) is 2.56. The SMILES string of the molecule is CNC(=O)c1cccc2cc(Oc3ccnc4cc(OCC5CCNCC5)c5c(c34)CCO5)ccc12. The molecule has 0 spiro atoms. The Morgan fingerprint density at radius 1 is 1.14 bits per heavy atom. The Morgan fingerprint density at radius 3 is 2.89 bits per heavy atom. The molecule has 0 unspecified atom stereocenters. The highest BCUT2D eigenvalue weighted by Gasteiger charge is 2.25. The average molecular weight is 484 g/mol. The summed E-state index contributed by atoms with van der Waals surface area (Å²) in [6.07, 6.45) is 4.80. The summed E-state index contributed by atoms with van der Waals surface area (Å²) < 4.78 is 18.7. The molecule has 4 aromatic rings. The Hall–Kier alpha value is -3.84. The minimum Gasteiger partial charge on any atom is -0.489 e. The van der Waals surface area contributed by atoms with Crippen LogP contribution in [0.4, 0.5) is 0 Å². The van der Waals surface area contributed by atoms with Crippen LogP contribution in [0.3, 0.4) is 0 Å². The van der Waals surface area contributed by atoms with Gasteiger partial charge in [0.2, 0.25) is 0 Å². The van der Waals surface area contributed by atoms with E-state index in [1.54, 1.807) is 13.2 Å². The molecule has 2 N–H and O–H groups in total. The first-order chi connectivity index (χ1) is 17.7. The highest BCUT2D eigenvalue weighted by atomic mass is 16.5. The summed E-state index contributed by atoms with van der Waals surface area (Å²) in [5, 5.41) is 8.88. The van der Waals surface area contributed by atoms with Gasteiger partial charge in [-0.25, -0.2) is 0 Å². The van der Waals surface area contributed by atoms with Gasteiger partial charge < -0.3 is 24.8 Å². The average Bonchev–Trinajstić information content (AvgIpc) is 3.42. The van der Waals surface area contributed by atoms with Gasteiger partial charge in [-0.1, -0.05) is 12.1 Å². The number of hydrogen-bond acceptors (Lipinski definition) is 6. The topological polar surface area (TPSA) is 81.7 Å². The first-order valence-corrected chi connectivity index (χ1v) is 12.5. The van der Waals surface area contributed by atoms with Crippen molar-refractivity contribution in [3.63, 3.8) is 0 Å². The van der Waals surface area contributed by atoms with Gasteiger partial charge in [0, 0.05) is 36.9 Å². The van der Waals surface area contributed by atoms with Crippen molar-refractivity contribution in [1.82, 2.24) is 15.6 Å². The zero-order chi connectivity index (χ0) is 24.5. The lowest BCUT2D eigenvalue weighted by Crippen LogP contribution is -2.30. The fraction of sp³-hybridized carbons (Fsp3) is 0.310. The molecule has 3 heterocycles. The molecule has 1 aromatic heterocycles. The van der Waals surface area contributed by atoms with Crippen LogP contribution in [0.1, 0.15) is 28.8 Å². The summed E-state index contributed by atoms with van der Waals surface area (Å²) in [5.74, 6) is 3.45. The van der Waals surface area contributed by atoms with E-state index in [1.807, 2.05) is 48.5 Å². The van der Waals surface area contributed by atoms with Crippen molar-refractivity contribution >= 4 is 27.6 Å². The van der Waals surface area contributed by atoms with Gasteiger partial charge in [-0.3, -0.25) is 9.78 Å². The Labute approximate surface area is 209 Å². The first-order valence-electron chi connectivity index (χ1n) is 12.5. The second-order valence-electron chi connectivity index (χ2n) is 9.36. The predicted octanol–water partition coefficient (Wildman–Crippen LogP) is 4.85. The van der Waals surface area contributed by atoms with Crippen LogP contribution < -0.4 is 24.8 Å². The van der Waals surface area contributed by atoms with Gasteiger partial charge in [-0.05, 0) is 73.0 Å². The van der Waals surface area contributed by atoms with E-state index in [4.69, 9.17) is 14.2 Å². The van der Waals surface area contributed by atoms with Crippen LogP contribution in [0.25, 0.3) is 21.7 Å². The van der Waals surface area contributed by atoms with Crippen LogP contribution in [0, 0.1) is 5.92 Å². The predicted molar refractivity (Wildman–Crippen MR) is 139 cm³/mol. The molecule has 6 rings (SSSR count). The highest BCUT2D eigenvalue weighted by Crippen LogP contribution is 2.45. The van der Waals surface area contributed by atoms with Gasteiger partial charge in [-0.2, -0.15) is 0 Å². The summed E-state index contributed by atoms with van der Waals surface area (Å²) in [6.45, 7) is 3.40. The summed E-state index contributed by atoms with van der Waals surface area (Å²) in [7, 11) is 1.64. The molecule has 184 valence electrons. The maximum Gasteiger partial charge on any atom is 0.251 e. The third-order valence-corrected chi connectivity index (χ3v) is 7.09. The van der Waals surface area contributed by atoms with Crippen LogP contribution in [-0.2, 0) is 6.42 Å².